The normalized spacial score (nSPS) is 12.0. The van der Waals surface area contributed by atoms with Gasteiger partial charge in [0, 0.05) is 5.69 Å². The number of alkyl halides is 2. The highest BCUT2D eigenvalue weighted by atomic mass is 19.3. The molecule has 0 aliphatic carbocycles. The number of H-pyrrole nitrogens is 1. The Morgan fingerprint density at radius 2 is 2.04 bits per heavy atom. The zero-order valence-corrected chi connectivity index (χ0v) is 14.2. The van der Waals surface area contributed by atoms with E-state index in [-0.39, 0.29) is 6.04 Å². The maximum atomic E-state index is 14.0. The van der Waals surface area contributed by atoms with Gasteiger partial charge in [0.2, 0.25) is 5.82 Å². The predicted molar refractivity (Wildman–Crippen MR) is 83.9 cm³/mol. The highest BCUT2D eigenvalue weighted by Gasteiger charge is 2.37. The lowest BCUT2D eigenvalue weighted by Crippen LogP contribution is -2.36. The summed E-state index contributed by atoms with van der Waals surface area (Å²) in [6.07, 6.45) is 3.17. The molecule has 0 aliphatic heterocycles. The van der Waals surface area contributed by atoms with Gasteiger partial charge in [-0.25, -0.2) is 4.98 Å². The summed E-state index contributed by atoms with van der Waals surface area (Å²) >= 11 is 0. The van der Waals surface area contributed by atoms with Crippen molar-refractivity contribution in [2.24, 2.45) is 0 Å². The van der Waals surface area contributed by atoms with Crippen LogP contribution in [0.15, 0.2) is 6.20 Å². The zero-order chi connectivity index (χ0) is 17.9. The summed E-state index contributed by atoms with van der Waals surface area (Å²) in [7, 11) is 0. The van der Waals surface area contributed by atoms with Crippen LogP contribution in [0, 0.1) is 13.8 Å². The Morgan fingerprint density at radius 3 is 2.58 bits per heavy atom. The molecule has 7 nitrogen and oxygen atoms in total. The molecule has 2 heterocycles. The van der Waals surface area contributed by atoms with E-state index < -0.39 is 24.2 Å². The average Bonchev–Trinajstić information content (AvgIpc) is 3.14. The van der Waals surface area contributed by atoms with Crippen molar-refractivity contribution in [1.82, 2.24) is 30.3 Å². The van der Waals surface area contributed by atoms with E-state index in [4.69, 9.17) is 0 Å². The summed E-state index contributed by atoms with van der Waals surface area (Å²) in [6.45, 7) is 6.49. The van der Waals surface area contributed by atoms with E-state index >= 15 is 0 Å². The molecule has 0 saturated heterocycles. The third-order valence-electron chi connectivity index (χ3n) is 3.97. The number of rotatable bonds is 7. The van der Waals surface area contributed by atoms with Gasteiger partial charge in [-0.15, -0.1) is 0 Å². The molecule has 1 amide bonds. The van der Waals surface area contributed by atoms with E-state index in [0.29, 0.717) is 17.1 Å². The second kappa shape index (κ2) is 7.06. The van der Waals surface area contributed by atoms with Crippen LogP contribution in [0.5, 0.6) is 0 Å². The first kappa shape index (κ1) is 18.0. The van der Waals surface area contributed by atoms with Crippen LogP contribution in [0.1, 0.15) is 60.4 Å². The molecule has 0 bridgehead atoms. The van der Waals surface area contributed by atoms with Crippen molar-refractivity contribution < 1.29 is 13.6 Å². The Labute approximate surface area is 138 Å². The summed E-state index contributed by atoms with van der Waals surface area (Å²) in [6, 6.07) is 0.184. The maximum absolute atomic E-state index is 14.0. The minimum absolute atomic E-state index is 0.184. The molecule has 24 heavy (non-hydrogen) atoms. The van der Waals surface area contributed by atoms with Crippen LogP contribution in [0.4, 0.5) is 8.78 Å². The first-order valence-corrected chi connectivity index (χ1v) is 7.89. The van der Waals surface area contributed by atoms with Gasteiger partial charge in [0.1, 0.15) is 5.82 Å². The molecule has 2 rings (SSSR count). The van der Waals surface area contributed by atoms with Crippen molar-refractivity contribution in [2.45, 2.75) is 52.5 Å². The van der Waals surface area contributed by atoms with Crippen LogP contribution < -0.4 is 5.32 Å². The van der Waals surface area contributed by atoms with E-state index in [2.05, 4.69) is 25.6 Å². The van der Waals surface area contributed by atoms with Crippen LogP contribution in [-0.4, -0.2) is 37.4 Å². The van der Waals surface area contributed by atoms with Gasteiger partial charge in [-0.2, -0.15) is 19.0 Å². The fraction of sp³-hybridized carbons (Fsp3) is 0.600. The molecule has 132 valence electrons. The first-order valence-electron chi connectivity index (χ1n) is 7.89. The van der Waals surface area contributed by atoms with Crippen molar-refractivity contribution in [3.63, 3.8) is 0 Å². The molecule has 2 N–H and O–H groups in total. The van der Waals surface area contributed by atoms with Crippen molar-refractivity contribution in [3.8, 4) is 0 Å². The minimum Gasteiger partial charge on any atom is -0.345 e. The Hall–Kier alpha value is -2.32. The van der Waals surface area contributed by atoms with Gasteiger partial charge < -0.3 is 5.32 Å². The lowest BCUT2D eigenvalue weighted by Gasteiger charge is -2.16. The molecule has 2 aromatic rings. The minimum atomic E-state index is -3.35. The van der Waals surface area contributed by atoms with Crippen molar-refractivity contribution in [1.29, 1.82) is 0 Å². The third-order valence-corrected chi connectivity index (χ3v) is 3.97. The smallest absolute Gasteiger partial charge is 0.325 e. The number of aryl methyl sites for hydroxylation is 1. The van der Waals surface area contributed by atoms with Gasteiger partial charge in [0.15, 0.2) is 0 Å². The number of halogens is 2. The lowest BCUT2D eigenvalue weighted by molar-refractivity contribution is -0.0111. The molecule has 2 aromatic heterocycles. The molecular formula is C15H22F2N6O. The number of hydrogen-bond acceptors (Lipinski definition) is 4. The fourth-order valence-electron chi connectivity index (χ4n) is 2.52. The number of aromatic amines is 1. The van der Waals surface area contributed by atoms with Crippen molar-refractivity contribution in [3.05, 3.63) is 29.1 Å². The van der Waals surface area contributed by atoms with Crippen LogP contribution in [0.25, 0.3) is 0 Å². The highest BCUT2D eigenvalue weighted by molar-refractivity contribution is 5.95. The van der Waals surface area contributed by atoms with E-state index in [1.165, 1.54) is 13.1 Å². The molecule has 0 saturated carbocycles. The number of nitrogens with one attached hydrogen (secondary N) is 2. The second-order valence-electron chi connectivity index (χ2n) is 5.69. The zero-order valence-electron chi connectivity index (χ0n) is 14.2. The monoisotopic (exact) mass is 340 g/mol. The topological polar surface area (TPSA) is 88.5 Å². The Morgan fingerprint density at radius 1 is 1.38 bits per heavy atom. The summed E-state index contributed by atoms with van der Waals surface area (Å²) < 4.78 is 29.8. The van der Waals surface area contributed by atoms with Gasteiger partial charge in [-0.05, 0) is 26.7 Å². The van der Waals surface area contributed by atoms with Gasteiger partial charge in [-0.3, -0.25) is 14.6 Å². The summed E-state index contributed by atoms with van der Waals surface area (Å²) in [5, 5.41) is 12.3. The van der Waals surface area contributed by atoms with Gasteiger partial charge >= 0.3 is 5.92 Å². The third kappa shape index (κ3) is 3.60. The molecule has 0 fully saturated rings. The number of hydrogen-bond donors (Lipinski definition) is 2. The average molecular weight is 340 g/mol. The van der Waals surface area contributed by atoms with E-state index in [0.717, 1.165) is 12.8 Å². The van der Waals surface area contributed by atoms with Crippen molar-refractivity contribution in [2.75, 3.05) is 6.54 Å². The number of nitrogens with zero attached hydrogens (tertiary/aromatic N) is 4. The molecule has 0 unspecified atom stereocenters. The second-order valence-corrected chi connectivity index (χ2v) is 5.69. The van der Waals surface area contributed by atoms with Gasteiger partial charge in [0.05, 0.1) is 24.3 Å². The molecule has 9 heteroatoms. The molecule has 0 aliphatic rings. The van der Waals surface area contributed by atoms with E-state index in [1.807, 2.05) is 13.8 Å². The van der Waals surface area contributed by atoms with E-state index in [1.54, 1.807) is 11.6 Å². The van der Waals surface area contributed by atoms with Gasteiger partial charge in [-0.1, -0.05) is 13.8 Å². The standard InChI is InChI=1S/C15H22F2N6O/c1-5-11(6-2)23-9(3)12(7-19-23)13(24)18-8-15(16,17)14-20-10(4)21-22-14/h7,11H,5-6,8H2,1-4H3,(H,18,24)(H,20,21,22). The Balaban J connectivity index is 2.08. The number of aromatic nitrogens is 5. The Kier molecular flexibility index (Phi) is 5.30. The first-order chi connectivity index (χ1) is 11.3. The fourth-order valence-corrected chi connectivity index (χ4v) is 2.52. The number of amides is 1. The van der Waals surface area contributed by atoms with Crippen LogP contribution in [0.3, 0.4) is 0 Å². The molecule has 0 atom stereocenters. The predicted octanol–water partition coefficient (Wildman–Crippen LogP) is 2.50. The van der Waals surface area contributed by atoms with Crippen LogP contribution >= 0.6 is 0 Å². The molecule has 0 aromatic carbocycles. The number of carbonyl (C=O) groups is 1. The maximum Gasteiger partial charge on any atom is 0.325 e. The molecule has 0 spiro atoms. The summed E-state index contributed by atoms with van der Waals surface area (Å²) in [5.41, 5.74) is 0.960. The molecular weight excluding hydrogens is 318 g/mol. The van der Waals surface area contributed by atoms with Crippen molar-refractivity contribution >= 4 is 5.91 Å². The van der Waals surface area contributed by atoms with Crippen LogP contribution in [-0.2, 0) is 5.92 Å². The van der Waals surface area contributed by atoms with Crippen LogP contribution in [0.2, 0.25) is 0 Å². The lowest BCUT2D eigenvalue weighted by atomic mass is 10.1. The molecule has 0 radical (unpaired) electrons. The number of carbonyl (C=O) groups excluding carboxylic acids is 1. The highest BCUT2D eigenvalue weighted by Crippen LogP contribution is 2.24. The van der Waals surface area contributed by atoms with E-state index in [9.17, 15) is 13.6 Å². The summed E-state index contributed by atoms with van der Waals surface area (Å²) in [4.78, 5) is 15.8. The Bertz CT molecular complexity index is 705. The SMILES string of the molecule is CCC(CC)n1ncc(C(=O)NCC(F)(F)c2n[nH]c(C)n2)c1C. The van der Waals surface area contributed by atoms with Gasteiger partial charge in [0.25, 0.3) is 5.91 Å². The summed E-state index contributed by atoms with van der Waals surface area (Å²) in [5.74, 6) is -4.28. The largest absolute Gasteiger partial charge is 0.345 e. The quantitative estimate of drug-likeness (QED) is 0.810.